The van der Waals surface area contributed by atoms with Crippen molar-refractivity contribution in [2.75, 3.05) is 5.32 Å². The highest BCUT2D eigenvalue weighted by Gasteiger charge is 2.21. The summed E-state index contributed by atoms with van der Waals surface area (Å²) in [6.07, 6.45) is 0. The van der Waals surface area contributed by atoms with Gasteiger partial charge in [-0.1, -0.05) is 46.7 Å². The molecule has 0 aliphatic heterocycles. The van der Waals surface area contributed by atoms with Crippen LogP contribution in [0.2, 0.25) is 0 Å². The Morgan fingerprint density at radius 1 is 1.32 bits per heavy atom. The number of carbonyl (C=O) groups excluding carboxylic acids is 1. The number of hydrogen-bond donors (Lipinski definition) is 1. The molecule has 0 radical (unpaired) electrons. The van der Waals surface area contributed by atoms with Gasteiger partial charge in [0.2, 0.25) is 11.8 Å². The number of benzene rings is 1. The summed E-state index contributed by atoms with van der Waals surface area (Å²) in [6.45, 7) is 8.13. The molecule has 1 N–H and O–H groups in total. The highest BCUT2D eigenvalue weighted by Crippen LogP contribution is 2.25. The summed E-state index contributed by atoms with van der Waals surface area (Å²) in [6, 6.07) is 7.07. The summed E-state index contributed by atoms with van der Waals surface area (Å²) in [5.41, 5.74) is 1.18. The van der Waals surface area contributed by atoms with E-state index in [1.54, 1.807) is 36.6 Å². The van der Waals surface area contributed by atoms with Crippen LogP contribution in [-0.2, 0) is 11.3 Å². The van der Waals surface area contributed by atoms with Gasteiger partial charge >= 0.3 is 0 Å². The number of amides is 1. The number of nitrogens with one attached hydrogen (secondary N) is 1. The first-order valence-corrected chi connectivity index (χ1v) is 10.5. The molecule has 28 heavy (non-hydrogen) atoms. The van der Waals surface area contributed by atoms with Crippen molar-refractivity contribution in [3.8, 4) is 0 Å². The van der Waals surface area contributed by atoms with Crippen LogP contribution in [0.3, 0.4) is 0 Å². The summed E-state index contributed by atoms with van der Waals surface area (Å²) < 4.78 is 7.50. The zero-order valence-corrected chi connectivity index (χ0v) is 18.4. The topological polar surface area (TPSA) is 90.0 Å². The minimum atomic E-state index is -0.483. The van der Waals surface area contributed by atoms with Crippen LogP contribution >= 0.6 is 27.7 Å². The fourth-order valence-corrected chi connectivity index (χ4v) is 3.93. The molecule has 3 aromatic rings. The average Bonchev–Trinajstić information content (AvgIpc) is 3.03. The van der Waals surface area contributed by atoms with E-state index < -0.39 is 5.25 Å². The van der Waals surface area contributed by atoms with Crippen LogP contribution in [0.4, 0.5) is 5.88 Å². The molecule has 9 heteroatoms. The van der Waals surface area contributed by atoms with E-state index in [9.17, 15) is 9.59 Å². The molecule has 3 rings (SSSR count). The molecule has 2 heterocycles. The summed E-state index contributed by atoms with van der Waals surface area (Å²) >= 11 is 4.65. The van der Waals surface area contributed by atoms with Crippen LogP contribution in [0.25, 0.3) is 10.9 Å². The third-order valence-electron chi connectivity index (χ3n) is 3.95. The maximum Gasteiger partial charge on any atom is 0.262 e. The van der Waals surface area contributed by atoms with Gasteiger partial charge in [-0.25, -0.2) is 4.98 Å². The highest BCUT2D eigenvalue weighted by molar-refractivity contribution is 9.10. The van der Waals surface area contributed by atoms with Crippen LogP contribution in [0.5, 0.6) is 0 Å². The lowest BCUT2D eigenvalue weighted by Gasteiger charge is -2.17. The lowest BCUT2D eigenvalue weighted by Crippen LogP contribution is -2.28. The van der Waals surface area contributed by atoms with E-state index in [2.05, 4.69) is 31.4 Å². The van der Waals surface area contributed by atoms with Gasteiger partial charge < -0.3 is 4.52 Å². The summed E-state index contributed by atoms with van der Waals surface area (Å²) in [5.74, 6) is 0.304. The molecule has 7 nitrogen and oxygen atoms in total. The number of aryl methyl sites for hydroxylation is 1. The average molecular weight is 465 g/mol. The van der Waals surface area contributed by atoms with Gasteiger partial charge in [-0.2, -0.15) is 0 Å². The molecule has 1 unspecified atom stereocenters. The Balaban J connectivity index is 1.93. The molecule has 1 aromatic carbocycles. The third kappa shape index (κ3) is 4.64. The van der Waals surface area contributed by atoms with Gasteiger partial charge in [0.25, 0.3) is 5.56 Å². The van der Waals surface area contributed by atoms with Crippen molar-refractivity contribution in [1.29, 1.82) is 0 Å². The molecule has 0 fully saturated rings. The zero-order chi connectivity index (χ0) is 20.4. The van der Waals surface area contributed by atoms with Crippen LogP contribution in [-0.4, -0.2) is 25.9 Å². The Morgan fingerprint density at radius 3 is 2.71 bits per heavy atom. The molecule has 0 aliphatic carbocycles. The normalized spacial score (nSPS) is 12.5. The number of hydrogen-bond acceptors (Lipinski definition) is 6. The van der Waals surface area contributed by atoms with Gasteiger partial charge in [0.05, 0.1) is 21.8 Å². The maximum atomic E-state index is 13.0. The molecule has 1 amide bonds. The first-order valence-electron chi connectivity index (χ1n) is 8.85. The Hall–Kier alpha value is -2.13. The summed E-state index contributed by atoms with van der Waals surface area (Å²) in [7, 11) is 0. The van der Waals surface area contributed by atoms with Crippen molar-refractivity contribution in [1.82, 2.24) is 14.7 Å². The van der Waals surface area contributed by atoms with Crippen LogP contribution < -0.4 is 10.9 Å². The van der Waals surface area contributed by atoms with Gasteiger partial charge in [0.1, 0.15) is 0 Å². The maximum absolute atomic E-state index is 13.0. The number of fused-ring (bicyclic) bond motifs is 1. The Labute approximate surface area is 175 Å². The van der Waals surface area contributed by atoms with Crippen molar-refractivity contribution in [2.24, 2.45) is 5.92 Å². The van der Waals surface area contributed by atoms with Gasteiger partial charge in [0, 0.05) is 17.1 Å². The van der Waals surface area contributed by atoms with Crippen molar-refractivity contribution < 1.29 is 9.32 Å². The molecule has 0 bridgehead atoms. The molecular formula is C19H21BrN4O3S. The van der Waals surface area contributed by atoms with E-state index in [0.717, 1.165) is 4.47 Å². The Bertz CT molecular complexity index is 1080. The minimum Gasteiger partial charge on any atom is -0.338 e. The lowest BCUT2D eigenvalue weighted by atomic mass is 10.2. The van der Waals surface area contributed by atoms with Crippen LogP contribution in [0.15, 0.2) is 43.2 Å². The zero-order valence-electron chi connectivity index (χ0n) is 16.0. The van der Waals surface area contributed by atoms with Crippen molar-refractivity contribution in [2.45, 2.75) is 44.6 Å². The van der Waals surface area contributed by atoms with E-state index in [1.165, 1.54) is 11.8 Å². The molecule has 148 valence electrons. The largest absolute Gasteiger partial charge is 0.338 e. The number of aromatic nitrogens is 3. The molecular weight excluding hydrogens is 444 g/mol. The van der Waals surface area contributed by atoms with E-state index in [4.69, 9.17) is 4.52 Å². The van der Waals surface area contributed by atoms with Gasteiger partial charge in [0.15, 0.2) is 5.16 Å². The second-order valence-electron chi connectivity index (χ2n) is 6.95. The van der Waals surface area contributed by atoms with Crippen molar-refractivity contribution in [3.05, 3.63) is 44.8 Å². The number of rotatable bonds is 6. The number of carbonyl (C=O) groups is 1. The Morgan fingerprint density at radius 2 is 2.07 bits per heavy atom. The van der Waals surface area contributed by atoms with Gasteiger partial charge in [-0.05, 0) is 38.0 Å². The number of halogens is 1. The fraction of sp³-hybridized carbons (Fsp3) is 0.368. The van der Waals surface area contributed by atoms with Crippen molar-refractivity contribution in [3.63, 3.8) is 0 Å². The molecule has 0 spiro atoms. The third-order valence-corrected chi connectivity index (χ3v) is 5.54. The molecule has 0 saturated heterocycles. The van der Waals surface area contributed by atoms with Crippen LogP contribution in [0, 0.1) is 12.8 Å². The van der Waals surface area contributed by atoms with Crippen LogP contribution in [0.1, 0.15) is 26.5 Å². The highest BCUT2D eigenvalue weighted by atomic mass is 79.9. The summed E-state index contributed by atoms with van der Waals surface area (Å²) in [4.78, 5) is 30.2. The predicted octanol–water partition coefficient (Wildman–Crippen LogP) is 4.23. The lowest BCUT2D eigenvalue weighted by molar-refractivity contribution is -0.115. The summed E-state index contributed by atoms with van der Waals surface area (Å²) in [5, 5.41) is 7.03. The molecule has 2 aromatic heterocycles. The SMILES string of the molecule is Cc1cc(NC(=O)C(C)Sc2nc3ccc(Br)cc3c(=O)n2CC(C)C)on1. The molecule has 0 saturated carbocycles. The minimum absolute atomic E-state index is 0.110. The monoisotopic (exact) mass is 464 g/mol. The smallest absolute Gasteiger partial charge is 0.262 e. The van der Waals surface area contributed by atoms with E-state index in [0.29, 0.717) is 34.2 Å². The first kappa shape index (κ1) is 20.6. The van der Waals surface area contributed by atoms with Gasteiger partial charge in [-0.15, -0.1) is 0 Å². The van der Waals surface area contributed by atoms with Gasteiger partial charge in [-0.3, -0.25) is 19.5 Å². The molecule has 0 aliphatic rings. The molecule has 1 atom stereocenters. The van der Waals surface area contributed by atoms with E-state index >= 15 is 0 Å². The van der Waals surface area contributed by atoms with Crippen molar-refractivity contribution >= 4 is 50.4 Å². The second-order valence-corrected chi connectivity index (χ2v) is 9.17. The first-order chi connectivity index (χ1) is 13.2. The number of anilines is 1. The standard InChI is InChI=1S/C19H21BrN4O3S/c1-10(2)9-24-18(26)14-8-13(20)5-6-15(14)21-19(24)28-12(4)17(25)22-16-7-11(3)23-27-16/h5-8,10,12H,9H2,1-4H3,(H,22,25). The number of nitrogens with zero attached hydrogens (tertiary/aromatic N) is 3. The van der Waals surface area contributed by atoms with E-state index in [1.807, 2.05) is 19.9 Å². The predicted molar refractivity (Wildman–Crippen MR) is 114 cm³/mol. The van der Waals surface area contributed by atoms with E-state index in [-0.39, 0.29) is 17.4 Å². The quantitative estimate of drug-likeness (QED) is 0.433. The Kier molecular flexibility index (Phi) is 6.24. The number of thioether (sulfide) groups is 1. The fourth-order valence-electron chi connectivity index (χ4n) is 2.65. The second kappa shape index (κ2) is 8.48.